The minimum atomic E-state index is 0.911. The van der Waals surface area contributed by atoms with Crippen LogP contribution in [0.4, 0.5) is 22.7 Å². The summed E-state index contributed by atoms with van der Waals surface area (Å²) in [5.74, 6) is 0. The molecule has 0 radical (unpaired) electrons. The Balaban J connectivity index is 1.24. The van der Waals surface area contributed by atoms with Gasteiger partial charge in [-0.3, -0.25) is 9.97 Å². The summed E-state index contributed by atoms with van der Waals surface area (Å²) < 4.78 is 4.82. The average molecular weight is 615 g/mol. The Morgan fingerprint density at radius 2 is 1.02 bits per heavy atom. The van der Waals surface area contributed by atoms with E-state index in [0.29, 0.717) is 0 Å². The molecular formula is C42H26N6. The summed E-state index contributed by atoms with van der Waals surface area (Å²) in [6.07, 6.45) is 3.84. The molecule has 0 fully saturated rings. The second kappa shape index (κ2) is 9.44. The fourth-order valence-corrected chi connectivity index (χ4v) is 7.76. The molecule has 6 heteroatoms. The van der Waals surface area contributed by atoms with Crippen LogP contribution in [-0.2, 0) is 0 Å². The number of anilines is 4. The van der Waals surface area contributed by atoms with Crippen LogP contribution in [0.3, 0.4) is 0 Å². The standard InChI is InChI=1S/C42H26N6/c1-5-13-37-29(9-1)31-18-19-32-30-10-2-6-14-38(30)48(28-22-26-16-15-25-8-7-21-43-39(25)40(26)44-24-28)42(32)41(31)47(37)27-17-20-35-36(23-27)46-34-12-4-3-11-33(34)45-35/h1-24,45-46H. The molecule has 6 aromatic carbocycles. The number of nitrogens with one attached hydrogen (secondary N) is 2. The molecule has 1 aliphatic rings. The van der Waals surface area contributed by atoms with E-state index < -0.39 is 0 Å². The Bertz CT molecular complexity index is 2970. The van der Waals surface area contributed by atoms with E-state index in [1.807, 2.05) is 18.5 Å². The molecule has 5 heterocycles. The van der Waals surface area contributed by atoms with Gasteiger partial charge in [0.25, 0.3) is 0 Å². The predicted molar refractivity (Wildman–Crippen MR) is 199 cm³/mol. The van der Waals surface area contributed by atoms with Gasteiger partial charge in [-0.15, -0.1) is 0 Å². The summed E-state index contributed by atoms with van der Waals surface area (Å²) in [4.78, 5) is 9.72. The molecule has 0 amide bonds. The minimum absolute atomic E-state index is 0.911. The van der Waals surface area contributed by atoms with Crippen LogP contribution in [0.1, 0.15) is 0 Å². The van der Waals surface area contributed by atoms with Crippen molar-refractivity contribution < 1.29 is 0 Å². The van der Waals surface area contributed by atoms with Crippen molar-refractivity contribution in [2.45, 2.75) is 0 Å². The van der Waals surface area contributed by atoms with Crippen molar-refractivity contribution in [1.82, 2.24) is 19.1 Å². The van der Waals surface area contributed by atoms with Crippen molar-refractivity contribution in [2.24, 2.45) is 0 Å². The molecule has 0 bridgehead atoms. The first-order valence-corrected chi connectivity index (χ1v) is 16.2. The molecule has 4 aromatic heterocycles. The molecule has 0 atom stereocenters. The minimum Gasteiger partial charge on any atom is -0.352 e. The van der Waals surface area contributed by atoms with Gasteiger partial charge >= 0.3 is 0 Å². The molecule has 0 unspecified atom stereocenters. The third kappa shape index (κ3) is 3.46. The van der Waals surface area contributed by atoms with Crippen LogP contribution in [0.2, 0.25) is 0 Å². The molecule has 2 N–H and O–H groups in total. The van der Waals surface area contributed by atoms with Crippen molar-refractivity contribution in [1.29, 1.82) is 0 Å². The maximum Gasteiger partial charge on any atom is 0.0966 e. The van der Waals surface area contributed by atoms with Crippen LogP contribution in [0.15, 0.2) is 146 Å². The number of para-hydroxylation sites is 4. The smallest absolute Gasteiger partial charge is 0.0966 e. The lowest BCUT2D eigenvalue weighted by Crippen LogP contribution is -2.07. The first-order chi connectivity index (χ1) is 23.8. The Morgan fingerprint density at radius 1 is 0.417 bits per heavy atom. The summed E-state index contributed by atoms with van der Waals surface area (Å²) in [5.41, 5.74) is 12.8. The maximum absolute atomic E-state index is 5.04. The molecule has 224 valence electrons. The second-order valence-corrected chi connectivity index (χ2v) is 12.5. The zero-order valence-corrected chi connectivity index (χ0v) is 25.6. The van der Waals surface area contributed by atoms with Crippen LogP contribution < -0.4 is 10.6 Å². The first kappa shape index (κ1) is 25.5. The molecule has 0 spiro atoms. The van der Waals surface area contributed by atoms with Crippen molar-refractivity contribution in [3.05, 3.63) is 146 Å². The molecule has 0 saturated carbocycles. The molecule has 1 aliphatic heterocycles. The van der Waals surface area contributed by atoms with Gasteiger partial charge in [0.2, 0.25) is 0 Å². The highest BCUT2D eigenvalue weighted by Gasteiger charge is 2.22. The van der Waals surface area contributed by atoms with Gasteiger partial charge in [-0.25, -0.2) is 0 Å². The summed E-state index contributed by atoms with van der Waals surface area (Å²) >= 11 is 0. The fourth-order valence-electron chi connectivity index (χ4n) is 7.76. The van der Waals surface area contributed by atoms with Crippen LogP contribution >= 0.6 is 0 Å². The summed E-state index contributed by atoms with van der Waals surface area (Å²) in [6.45, 7) is 0. The van der Waals surface area contributed by atoms with Gasteiger partial charge in [-0.05, 0) is 54.6 Å². The van der Waals surface area contributed by atoms with E-state index in [0.717, 1.165) is 78.0 Å². The van der Waals surface area contributed by atoms with Gasteiger partial charge in [0.05, 0.1) is 67.7 Å². The Hall–Kier alpha value is -6.66. The van der Waals surface area contributed by atoms with Gasteiger partial charge < -0.3 is 19.8 Å². The predicted octanol–water partition coefficient (Wildman–Crippen LogP) is 10.8. The number of fused-ring (bicyclic) bond motifs is 12. The molecule has 6 nitrogen and oxygen atoms in total. The van der Waals surface area contributed by atoms with E-state index in [1.54, 1.807) is 0 Å². The highest BCUT2D eigenvalue weighted by molar-refractivity contribution is 6.24. The number of hydrogen-bond acceptors (Lipinski definition) is 4. The van der Waals surface area contributed by atoms with Crippen LogP contribution in [0, 0.1) is 0 Å². The van der Waals surface area contributed by atoms with Crippen LogP contribution in [0.25, 0.3) is 76.8 Å². The number of benzene rings is 6. The summed E-state index contributed by atoms with van der Waals surface area (Å²) in [6, 6.07) is 47.6. The monoisotopic (exact) mass is 614 g/mol. The highest BCUT2D eigenvalue weighted by atomic mass is 15.1. The van der Waals surface area contributed by atoms with Crippen LogP contribution in [0.5, 0.6) is 0 Å². The SMILES string of the molecule is c1ccc2c(c1)Nc1ccc(-n3c4ccccc4c4ccc5c6ccccc6n(-c6cnc7c(ccc8cccnc87)c6)c5c43)cc1N2. The van der Waals surface area contributed by atoms with Gasteiger partial charge in [0, 0.05) is 44.2 Å². The third-order valence-corrected chi connectivity index (χ3v) is 9.86. The van der Waals surface area contributed by atoms with Crippen molar-refractivity contribution in [2.75, 3.05) is 10.6 Å². The van der Waals surface area contributed by atoms with E-state index in [1.165, 1.54) is 21.5 Å². The van der Waals surface area contributed by atoms with E-state index in [9.17, 15) is 0 Å². The Labute approximate surface area is 274 Å². The molecule has 10 aromatic rings. The average Bonchev–Trinajstić information content (AvgIpc) is 3.66. The normalized spacial score (nSPS) is 12.5. The lowest BCUT2D eigenvalue weighted by atomic mass is 10.1. The molecule has 11 rings (SSSR count). The van der Waals surface area contributed by atoms with E-state index in [2.05, 4.69) is 152 Å². The first-order valence-electron chi connectivity index (χ1n) is 16.2. The number of hydrogen-bond donors (Lipinski definition) is 2. The second-order valence-electron chi connectivity index (χ2n) is 12.5. The lowest BCUT2D eigenvalue weighted by molar-refractivity contribution is 1.14. The number of aromatic nitrogens is 4. The molecular weight excluding hydrogens is 589 g/mol. The van der Waals surface area contributed by atoms with Gasteiger partial charge in [0.15, 0.2) is 0 Å². The number of pyridine rings is 2. The van der Waals surface area contributed by atoms with Crippen molar-refractivity contribution >= 4 is 88.2 Å². The van der Waals surface area contributed by atoms with Gasteiger partial charge in [-0.1, -0.05) is 78.9 Å². The summed E-state index contributed by atoms with van der Waals surface area (Å²) in [5, 5.41) is 14.3. The quantitative estimate of drug-likeness (QED) is 0.190. The third-order valence-electron chi connectivity index (χ3n) is 9.86. The van der Waals surface area contributed by atoms with E-state index in [4.69, 9.17) is 4.98 Å². The van der Waals surface area contributed by atoms with E-state index in [-0.39, 0.29) is 0 Å². The Kier molecular flexibility index (Phi) is 5.02. The van der Waals surface area contributed by atoms with E-state index >= 15 is 0 Å². The van der Waals surface area contributed by atoms with Crippen molar-refractivity contribution in [3.63, 3.8) is 0 Å². The van der Waals surface area contributed by atoms with Gasteiger partial charge in [0.1, 0.15) is 0 Å². The van der Waals surface area contributed by atoms with Crippen molar-refractivity contribution in [3.8, 4) is 11.4 Å². The summed E-state index contributed by atoms with van der Waals surface area (Å²) in [7, 11) is 0. The highest BCUT2D eigenvalue weighted by Crippen LogP contribution is 2.44. The molecule has 0 aliphatic carbocycles. The zero-order valence-electron chi connectivity index (χ0n) is 25.6. The van der Waals surface area contributed by atoms with Crippen LogP contribution in [-0.4, -0.2) is 19.1 Å². The number of nitrogens with zero attached hydrogens (tertiary/aromatic N) is 4. The molecule has 0 saturated heterocycles. The topological polar surface area (TPSA) is 59.7 Å². The largest absolute Gasteiger partial charge is 0.352 e. The number of rotatable bonds is 2. The fraction of sp³-hybridized carbons (Fsp3) is 0. The van der Waals surface area contributed by atoms with Gasteiger partial charge in [-0.2, -0.15) is 0 Å². The lowest BCUT2D eigenvalue weighted by Gasteiger charge is -2.24. The Morgan fingerprint density at radius 3 is 1.77 bits per heavy atom. The maximum atomic E-state index is 5.04. The molecule has 48 heavy (non-hydrogen) atoms. The zero-order chi connectivity index (χ0) is 31.3.